The summed E-state index contributed by atoms with van der Waals surface area (Å²) in [5.74, 6) is -0.220. The summed E-state index contributed by atoms with van der Waals surface area (Å²) in [4.78, 5) is 15.5. The van der Waals surface area contributed by atoms with Gasteiger partial charge in [-0.25, -0.2) is 9.78 Å². The largest absolute Gasteiger partial charge is 0.496 e. The molecule has 92 valence electrons. The molecule has 0 aliphatic carbocycles. The molecule has 1 N–H and O–H groups in total. The van der Waals surface area contributed by atoms with Gasteiger partial charge in [-0.3, -0.25) is 0 Å². The molecular weight excluding hydrogens is 250 g/mol. The quantitative estimate of drug-likeness (QED) is 0.860. The lowest BCUT2D eigenvalue weighted by molar-refractivity contribution is -0.131. The van der Waals surface area contributed by atoms with Gasteiger partial charge in [-0.1, -0.05) is 12.1 Å². The summed E-state index contributed by atoms with van der Waals surface area (Å²) < 4.78 is 5.26. The first-order valence-corrected chi connectivity index (χ1v) is 6.02. The van der Waals surface area contributed by atoms with Crippen molar-refractivity contribution in [3.8, 4) is 16.3 Å². The molecule has 0 aliphatic heterocycles. The van der Waals surface area contributed by atoms with E-state index in [2.05, 4.69) is 4.98 Å². The summed E-state index contributed by atoms with van der Waals surface area (Å²) in [7, 11) is 1.61. The minimum absolute atomic E-state index is 0.751. The molecule has 0 spiro atoms. The van der Waals surface area contributed by atoms with Gasteiger partial charge in [0.15, 0.2) is 0 Å². The van der Waals surface area contributed by atoms with E-state index in [1.54, 1.807) is 13.3 Å². The molecule has 0 radical (unpaired) electrons. The van der Waals surface area contributed by atoms with E-state index in [0.717, 1.165) is 27.3 Å². The molecule has 1 heterocycles. The Kier molecular flexibility index (Phi) is 3.74. The zero-order valence-electron chi connectivity index (χ0n) is 9.66. The number of rotatable bonds is 4. The number of hydrogen-bond acceptors (Lipinski definition) is 4. The lowest BCUT2D eigenvalue weighted by atomic mass is 10.2. The van der Waals surface area contributed by atoms with E-state index in [-0.39, 0.29) is 0 Å². The highest BCUT2D eigenvalue weighted by Crippen LogP contribution is 2.32. The fourth-order valence-electron chi connectivity index (χ4n) is 1.46. The second kappa shape index (κ2) is 5.46. The summed E-state index contributed by atoms with van der Waals surface area (Å²) >= 11 is 1.42. The van der Waals surface area contributed by atoms with Crippen molar-refractivity contribution in [2.24, 2.45) is 0 Å². The second-order valence-corrected chi connectivity index (χ2v) is 4.50. The SMILES string of the molecule is COc1ccccc1-c1ncc(/C=C/C(=O)O)s1. The number of benzene rings is 1. The van der Waals surface area contributed by atoms with E-state index < -0.39 is 5.97 Å². The molecule has 0 saturated heterocycles. The first-order valence-electron chi connectivity index (χ1n) is 5.21. The van der Waals surface area contributed by atoms with Crippen LogP contribution >= 0.6 is 11.3 Å². The van der Waals surface area contributed by atoms with Crippen LogP contribution in [0, 0.1) is 0 Å². The van der Waals surface area contributed by atoms with Gasteiger partial charge in [-0.2, -0.15) is 0 Å². The van der Waals surface area contributed by atoms with Crippen molar-refractivity contribution in [3.05, 3.63) is 41.4 Å². The number of aliphatic carboxylic acids is 1. The van der Waals surface area contributed by atoms with Gasteiger partial charge in [-0.05, 0) is 18.2 Å². The molecule has 4 nitrogen and oxygen atoms in total. The van der Waals surface area contributed by atoms with Gasteiger partial charge in [0.2, 0.25) is 0 Å². The number of thiazole rings is 1. The predicted molar refractivity (Wildman–Crippen MR) is 70.8 cm³/mol. The maximum atomic E-state index is 10.4. The number of carboxylic acids is 1. The Hall–Kier alpha value is -2.14. The van der Waals surface area contributed by atoms with Crippen LogP contribution in [0.4, 0.5) is 0 Å². The molecule has 0 amide bonds. The number of carboxylic acid groups (broad SMARTS) is 1. The third kappa shape index (κ3) is 2.75. The van der Waals surface area contributed by atoms with Crippen LogP contribution in [0.5, 0.6) is 5.75 Å². The van der Waals surface area contributed by atoms with Crippen LogP contribution in [0.1, 0.15) is 4.88 Å². The van der Waals surface area contributed by atoms with Crippen LogP contribution < -0.4 is 4.74 Å². The van der Waals surface area contributed by atoms with Crippen molar-refractivity contribution in [1.82, 2.24) is 4.98 Å². The minimum Gasteiger partial charge on any atom is -0.496 e. The van der Waals surface area contributed by atoms with Gasteiger partial charge >= 0.3 is 5.97 Å². The molecule has 5 heteroatoms. The molecule has 0 unspecified atom stereocenters. The van der Waals surface area contributed by atoms with Crippen molar-refractivity contribution in [2.75, 3.05) is 7.11 Å². The molecule has 0 fully saturated rings. The normalized spacial score (nSPS) is 10.7. The zero-order chi connectivity index (χ0) is 13.0. The van der Waals surface area contributed by atoms with Crippen molar-refractivity contribution < 1.29 is 14.6 Å². The van der Waals surface area contributed by atoms with Crippen LogP contribution in [0.2, 0.25) is 0 Å². The Balaban J connectivity index is 2.32. The topological polar surface area (TPSA) is 59.4 Å². The van der Waals surface area contributed by atoms with Crippen LogP contribution in [-0.4, -0.2) is 23.2 Å². The smallest absolute Gasteiger partial charge is 0.328 e. The molecule has 1 aromatic heterocycles. The average molecular weight is 261 g/mol. The zero-order valence-corrected chi connectivity index (χ0v) is 10.5. The maximum absolute atomic E-state index is 10.4. The molecule has 1 aromatic carbocycles. The van der Waals surface area contributed by atoms with Crippen LogP contribution in [0.25, 0.3) is 16.6 Å². The van der Waals surface area contributed by atoms with Crippen LogP contribution in [-0.2, 0) is 4.79 Å². The van der Waals surface area contributed by atoms with Crippen LogP contribution in [0.3, 0.4) is 0 Å². The Morgan fingerprint density at radius 1 is 1.44 bits per heavy atom. The lowest BCUT2D eigenvalue weighted by Gasteiger charge is -2.04. The minimum atomic E-state index is -0.970. The number of aromatic nitrogens is 1. The summed E-state index contributed by atoms with van der Waals surface area (Å²) in [6.07, 6.45) is 4.27. The van der Waals surface area contributed by atoms with Gasteiger partial charge in [-0.15, -0.1) is 11.3 Å². The number of carbonyl (C=O) groups is 1. The average Bonchev–Trinajstić information content (AvgIpc) is 2.85. The van der Waals surface area contributed by atoms with Gasteiger partial charge < -0.3 is 9.84 Å². The number of methoxy groups -OCH3 is 1. The van der Waals surface area contributed by atoms with Crippen molar-refractivity contribution in [1.29, 1.82) is 0 Å². The van der Waals surface area contributed by atoms with E-state index in [0.29, 0.717) is 0 Å². The van der Waals surface area contributed by atoms with Gasteiger partial charge in [0.05, 0.1) is 12.7 Å². The molecule has 2 rings (SSSR count). The highest BCUT2D eigenvalue weighted by atomic mass is 32.1. The summed E-state index contributed by atoms with van der Waals surface area (Å²) in [5, 5.41) is 9.36. The first-order chi connectivity index (χ1) is 8.70. The highest BCUT2D eigenvalue weighted by molar-refractivity contribution is 7.15. The van der Waals surface area contributed by atoms with E-state index in [4.69, 9.17) is 9.84 Å². The fourth-order valence-corrected chi connectivity index (χ4v) is 2.31. The summed E-state index contributed by atoms with van der Waals surface area (Å²) in [5.41, 5.74) is 0.903. The Labute approximate surface area is 108 Å². The third-order valence-corrected chi connectivity index (χ3v) is 3.25. The fraction of sp³-hybridized carbons (Fsp3) is 0.0769. The molecule has 0 aliphatic rings. The molecule has 2 aromatic rings. The number of nitrogens with zero attached hydrogens (tertiary/aromatic N) is 1. The Bertz CT molecular complexity index is 589. The van der Waals surface area contributed by atoms with Crippen molar-refractivity contribution in [3.63, 3.8) is 0 Å². The van der Waals surface area contributed by atoms with E-state index in [1.165, 1.54) is 17.4 Å². The monoisotopic (exact) mass is 261 g/mol. The molecule has 0 atom stereocenters. The second-order valence-electron chi connectivity index (χ2n) is 3.44. The highest BCUT2D eigenvalue weighted by Gasteiger charge is 2.08. The van der Waals surface area contributed by atoms with E-state index in [9.17, 15) is 4.79 Å². The maximum Gasteiger partial charge on any atom is 0.328 e. The summed E-state index contributed by atoms with van der Waals surface area (Å²) in [6, 6.07) is 7.58. The third-order valence-electron chi connectivity index (χ3n) is 2.25. The first kappa shape index (κ1) is 12.3. The lowest BCUT2D eigenvalue weighted by Crippen LogP contribution is -1.86. The number of ether oxygens (including phenoxy) is 1. The van der Waals surface area contributed by atoms with E-state index in [1.807, 2.05) is 24.3 Å². The van der Waals surface area contributed by atoms with Gasteiger partial charge in [0.1, 0.15) is 10.8 Å². The van der Waals surface area contributed by atoms with Gasteiger partial charge in [0, 0.05) is 17.2 Å². The molecule has 18 heavy (non-hydrogen) atoms. The molecule has 0 saturated carbocycles. The number of para-hydroxylation sites is 1. The standard InChI is InChI=1S/C13H11NO3S/c1-17-11-5-3-2-4-10(11)13-14-8-9(18-13)6-7-12(15)16/h2-8H,1H3,(H,15,16)/b7-6+. The van der Waals surface area contributed by atoms with Gasteiger partial charge in [0.25, 0.3) is 0 Å². The molecule has 0 bridgehead atoms. The molecular formula is C13H11NO3S. The Morgan fingerprint density at radius 2 is 2.22 bits per heavy atom. The van der Waals surface area contributed by atoms with Crippen LogP contribution in [0.15, 0.2) is 36.5 Å². The van der Waals surface area contributed by atoms with Crippen molar-refractivity contribution in [2.45, 2.75) is 0 Å². The number of hydrogen-bond donors (Lipinski definition) is 1. The van der Waals surface area contributed by atoms with E-state index >= 15 is 0 Å². The van der Waals surface area contributed by atoms with Crippen molar-refractivity contribution >= 4 is 23.4 Å². The Morgan fingerprint density at radius 3 is 2.94 bits per heavy atom. The summed E-state index contributed by atoms with van der Waals surface area (Å²) in [6.45, 7) is 0. The predicted octanol–water partition coefficient (Wildman–Crippen LogP) is 2.92.